The van der Waals surface area contributed by atoms with Crippen molar-refractivity contribution in [2.45, 2.75) is 57.8 Å². The summed E-state index contributed by atoms with van der Waals surface area (Å²) >= 11 is 0. The molecule has 2 aromatic rings. The number of nitrogens with zero attached hydrogens (tertiary/aromatic N) is 4. The fraction of sp³-hybridized carbons (Fsp3) is 0.571. The molecule has 0 aliphatic carbocycles. The number of hydrogen-bond acceptors (Lipinski definition) is 8. The van der Waals surface area contributed by atoms with Gasteiger partial charge in [0.2, 0.25) is 15.0 Å². The standard InChI is InChI=1S/C28H39N5O5S/c1-18-24(19(2)30-26(29-18)39(6,36)37)25(34)33-16-21-14-32(15-22(21)17-33)13-12-23(20-10-8-7-9-11-20)31-27(35)38-28(3,4)5/h7-11,21-23H,12-17H2,1-6H3,(H,31,35)/t21?,22?,23-/m1/s1. The van der Waals surface area contributed by atoms with Gasteiger partial charge in [-0.1, -0.05) is 30.3 Å². The number of alkyl carbamates (subject to hydrolysis) is 1. The zero-order chi connectivity index (χ0) is 28.5. The van der Waals surface area contributed by atoms with Crippen LogP contribution in [0, 0.1) is 25.7 Å². The monoisotopic (exact) mass is 557 g/mol. The Balaban J connectivity index is 1.36. The average Bonchev–Trinajstić information content (AvgIpc) is 3.39. The predicted octanol–water partition coefficient (Wildman–Crippen LogP) is 3.16. The summed E-state index contributed by atoms with van der Waals surface area (Å²) in [7, 11) is -3.56. The molecule has 39 heavy (non-hydrogen) atoms. The van der Waals surface area contributed by atoms with Crippen LogP contribution in [0.25, 0.3) is 0 Å². The van der Waals surface area contributed by atoms with Crippen LogP contribution in [0.4, 0.5) is 4.79 Å². The summed E-state index contributed by atoms with van der Waals surface area (Å²) in [5.74, 6) is 0.580. The number of hydrogen-bond donors (Lipinski definition) is 1. The van der Waals surface area contributed by atoms with Gasteiger partial charge in [-0.2, -0.15) is 0 Å². The lowest BCUT2D eigenvalue weighted by Crippen LogP contribution is -2.37. The topological polar surface area (TPSA) is 122 Å². The molecule has 1 N–H and O–H groups in total. The van der Waals surface area contributed by atoms with Gasteiger partial charge in [-0.3, -0.25) is 4.79 Å². The summed E-state index contributed by atoms with van der Waals surface area (Å²) in [6, 6.07) is 9.75. The van der Waals surface area contributed by atoms with Crippen molar-refractivity contribution in [2.75, 3.05) is 39.0 Å². The second-order valence-corrected chi connectivity index (χ2v) is 13.6. The first-order valence-electron chi connectivity index (χ1n) is 13.3. The molecule has 0 bridgehead atoms. The second kappa shape index (κ2) is 11.2. The maximum Gasteiger partial charge on any atom is 0.408 e. The van der Waals surface area contributed by atoms with Gasteiger partial charge in [0, 0.05) is 39.0 Å². The lowest BCUT2D eigenvalue weighted by Gasteiger charge is -2.26. The highest BCUT2D eigenvalue weighted by molar-refractivity contribution is 7.90. The number of fused-ring (bicyclic) bond motifs is 1. The average molecular weight is 558 g/mol. The van der Waals surface area contributed by atoms with Crippen LogP contribution in [0.1, 0.15) is 60.5 Å². The van der Waals surface area contributed by atoms with Crippen molar-refractivity contribution in [1.82, 2.24) is 25.1 Å². The Kier molecular flexibility index (Phi) is 8.32. The van der Waals surface area contributed by atoms with E-state index in [1.807, 2.05) is 56.0 Å². The Morgan fingerprint density at radius 1 is 1.03 bits per heavy atom. The van der Waals surface area contributed by atoms with Crippen molar-refractivity contribution in [3.8, 4) is 0 Å². The Labute approximate surface area is 231 Å². The molecule has 2 aliphatic rings. The lowest BCUT2D eigenvalue weighted by atomic mass is 10.0. The van der Waals surface area contributed by atoms with E-state index < -0.39 is 21.5 Å². The highest BCUT2D eigenvalue weighted by atomic mass is 32.2. The van der Waals surface area contributed by atoms with Gasteiger partial charge < -0.3 is 19.9 Å². The van der Waals surface area contributed by atoms with E-state index in [0.29, 0.717) is 41.9 Å². The highest BCUT2D eigenvalue weighted by Crippen LogP contribution is 2.33. The van der Waals surface area contributed by atoms with Gasteiger partial charge in [-0.05, 0) is 58.4 Å². The van der Waals surface area contributed by atoms with Crippen molar-refractivity contribution in [2.24, 2.45) is 11.8 Å². The summed E-state index contributed by atoms with van der Waals surface area (Å²) in [6.07, 6.45) is 1.38. The molecule has 2 aliphatic heterocycles. The fourth-order valence-electron chi connectivity index (χ4n) is 5.53. The smallest absolute Gasteiger partial charge is 0.408 e. The van der Waals surface area contributed by atoms with Crippen molar-refractivity contribution in [3.05, 3.63) is 52.8 Å². The summed E-state index contributed by atoms with van der Waals surface area (Å²) in [4.78, 5) is 38.3. The largest absolute Gasteiger partial charge is 0.444 e. The number of rotatable bonds is 7. The van der Waals surface area contributed by atoms with Gasteiger partial charge in [0.25, 0.3) is 5.91 Å². The molecule has 2 fully saturated rings. The van der Waals surface area contributed by atoms with Crippen molar-refractivity contribution in [3.63, 3.8) is 0 Å². The third kappa shape index (κ3) is 7.13. The molecule has 2 unspecified atom stereocenters. The Morgan fingerprint density at radius 2 is 1.59 bits per heavy atom. The SMILES string of the molecule is Cc1nc(S(C)(=O)=O)nc(C)c1C(=O)N1CC2CN(CC[C@@H](NC(=O)OC(C)(C)C)c3ccccc3)CC2C1. The van der Waals surface area contributed by atoms with E-state index in [1.165, 1.54) is 0 Å². The number of amides is 2. The third-order valence-corrected chi connectivity index (χ3v) is 8.12. The third-order valence-electron chi connectivity index (χ3n) is 7.27. The number of likely N-dealkylation sites (tertiary alicyclic amines) is 2. The molecule has 212 valence electrons. The van der Waals surface area contributed by atoms with Crippen LogP contribution in [0.15, 0.2) is 35.5 Å². The number of ether oxygens (including phenoxy) is 1. The van der Waals surface area contributed by atoms with Crippen LogP contribution in [0.3, 0.4) is 0 Å². The number of benzene rings is 1. The molecular weight excluding hydrogens is 518 g/mol. The summed E-state index contributed by atoms with van der Waals surface area (Å²) in [5, 5.41) is 2.79. The summed E-state index contributed by atoms with van der Waals surface area (Å²) < 4.78 is 29.2. The van der Waals surface area contributed by atoms with Crippen LogP contribution >= 0.6 is 0 Å². The molecule has 11 heteroatoms. The van der Waals surface area contributed by atoms with E-state index in [0.717, 1.165) is 37.9 Å². The Hall–Kier alpha value is -3.05. The van der Waals surface area contributed by atoms with Gasteiger partial charge in [-0.15, -0.1) is 0 Å². The van der Waals surface area contributed by atoms with Crippen molar-refractivity contribution in [1.29, 1.82) is 0 Å². The van der Waals surface area contributed by atoms with Crippen LogP contribution in [-0.2, 0) is 14.6 Å². The molecule has 2 saturated heterocycles. The van der Waals surface area contributed by atoms with Crippen LogP contribution in [-0.4, -0.2) is 84.8 Å². The summed E-state index contributed by atoms with van der Waals surface area (Å²) in [5.41, 5.74) is 1.62. The molecular formula is C28H39N5O5S. The quantitative estimate of drug-likeness (QED) is 0.516. The van der Waals surface area contributed by atoms with Crippen LogP contribution in [0.5, 0.6) is 0 Å². The van der Waals surface area contributed by atoms with E-state index in [2.05, 4.69) is 20.2 Å². The van der Waals surface area contributed by atoms with E-state index in [-0.39, 0.29) is 17.1 Å². The van der Waals surface area contributed by atoms with Crippen LogP contribution < -0.4 is 5.32 Å². The number of sulfone groups is 1. The minimum absolute atomic E-state index is 0.142. The lowest BCUT2D eigenvalue weighted by molar-refractivity contribution is 0.0498. The number of aryl methyl sites for hydroxylation is 2. The second-order valence-electron chi connectivity index (χ2n) is 11.7. The maximum absolute atomic E-state index is 13.4. The molecule has 2 amide bonds. The first kappa shape index (κ1) is 28.9. The molecule has 1 aromatic heterocycles. The van der Waals surface area contributed by atoms with E-state index in [1.54, 1.807) is 13.8 Å². The van der Waals surface area contributed by atoms with E-state index in [4.69, 9.17) is 4.74 Å². The van der Waals surface area contributed by atoms with E-state index >= 15 is 0 Å². The van der Waals surface area contributed by atoms with Gasteiger partial charge in [0.05, 0.1) is 23.0 Å². The van der Waals surface area contributed by atoms with E-state index in [9.17, 15) is 18.0 Å². The molecule has 1 aromatic carbocycles. The minimum atomic E-state index is -3.56. The first-order valence-corrected chi connectivity index (χ1v) is 15.2. The molecule has 4 rings (SSSR count). The Bertz CT molecular complexity index is 1290. The maximum atomic E-state index is 13.4. The number of aromatic nitrogens is 2. The van der Waals surface area contributed by atoms with Crippen molar-refractivity contribution < 1.29 is 22.7 Å². The van der Waals surface area contributed by atoms with Crippen molar-refractivity contribution >= 4 is 21.8 Å². The molecule has 10 nitrogen and oxygen atoms in total. The minimum Gasteiger partial charge on any atom is -0.444 e. The van der Waals surface area contributed by atoms with Crippen LogP contribution in [0.2, 0.25) is 0 Å². The number of nitrogens with one attached hydrogen (secondary N) is 1. The molecule has 0 saturated carbocycles. The highest BCUT2D eigenvalue weighted by Gasteiger charge is 2.42. The molecule has 3 heterocycles. The summed E-state index contributed by atoms with van der Waals surface area (Å²) in [6.45, 7) is 12.7. The van der Waals surface area contributed by atoms with Gasteiger partial charge in [0.1, 0.15) is 5.60 Å². The predicted molar refractivity (Wildman–Crippen MR) is 147 cm³/mol. The Morgan fingerprint density at radius 3 is 2.10 bits per heavy atom. The molecule has 0 spiro atoms. The molecule has 3 atom stereocenters. The van der Waals surface area contributed by atoms with Gasteiger partial charge >= 0.3 is 6.09 Å². The normalized spacial score (nSPS) is 20.5. The first-order chi connectivity index (χ1) is 18.2. The number of carbonyl (C=O) groups is 2. The fourth-order valence-corrected chi connectivity index (χ4v) is 6.13. The number of carbonyl (C=O) groups excluding carboxylic acids is 2. The zero-order valence-electron chi connectivity index (χ0n) is 23.6. The molecule has 0 radical (unpaired) electrons. The van der Waals surface area contributed by atoms with Gasteiger partial charge in [0.15, 0.2) is 0 Å². The van der Waals surface area contributed by atoms with Gasteiger partial charge in [-0.25, -0.2) is 23.2 Å². The zero-order valence-corrected chi connectivity index (χ0v) is 24.4.